The van der Waals surface area contributed by atoms with Crippen molar-refractivity contribution >= 4 is 40.5 Å². The normalized spacial score (nSPS) is 18.3. The van der Waals surface area contributed by atoms with Crippen LogP contribution < -0.4 is 4.90 Å². The van der Waals surface area contributed by atoms with Gasteiger partial charge in [0.05, 0.1) is 23.7 Å². The number of carbonyl (C=O) groups is 2. The summed E-state index contributed by atoms with van der Waals surface area (Å²) in [5.74, 6) is -1.20. The predicted molar refractivity (Wildman–Crippen MR) is 121 cm³/mol. The molecule has 4 rings (SSSR count). The number of carbonyl (C=O) groups excluding carboxylic acids is 2. The molecule has 3 aromatic rings. The number of rotatable bonds is 7. The van der Waals surface area contributed by atoms with Crippen molar-refractivity contribution in [1.82, 2.24) is 9.55 Å². The third-order valence-corrected chi connectivity index (χ3v) is 5.93. The van der Waals surface area contributed by atoms with Crippen molar-refractivity contribution in [2.75, 3.05) is 18.1 Å². The van der Waals surface area contributed by atoms with Gasteiger partial charge in [0, 0.05) is 11.6 Å². The van der Waals surface area contributed by atoms with Crippen molar-refractivity contribution in [2.45, 2.75) is 39.2 Å². The molecule has 1 aromatic heterocycles. The number of hydrogen-bond donors (Lipinski definition) is 0. The molecule has 0 N–H and O–H groups in total. The third kappa shape index (κ3) is 3.92. The van der Waals surface area contributed by atoms with Crippen LogP contribution in [0.1, 0.15) is 44.7 Å². The lowest BCUT2D eigenvalue weighted by Crippen LogP contribution is -2.50. The highest BCUT2D eigenvalue weighted by atomic mass is 35.5. The molecule has 1 aliphatic rings. The average Bonchev–Trinajstić information content (AvgIpc) is 3.15. The minimum atomic E-state index is -0.993. The molecule has 162 valence electrons. The Kier molecular flexibility index (Phi) is 6.28. The molecule has 1 aliphatic heterocycles. The van der Waals surface area contributed by atoms with Crippen molar-refractivity contribution in [3.05, 3.63) is 59.1 Å². The summed E-state index contributed by atoms with van der Waals surface area (Å²) in [6.07, 6.45) is 2.87. The lowest BCUT2D eigenvalue weighted by molar-refractivity contribution is -0.153. The van der Waals surface area contributed by atoms with E-state index in [0.29, 0.717) is 17.5 Å². The number of esters is 1. The Morgan fingerprint density at radius 2 is 1.84 bits per heavy atom. The van der Waals surface area contributed by atoms with Crippen LogP contribution in [0.4, 0.5) is 5.95 Å². The van der Waals surface area contributed by atoms with E-state index in [0.717, 1.165) is 35.9 Å². The molecule has 0 saturated heterocycles. The van der Waals surface area contributed by atoms with Crippen LogP contribution in [0.3, 0.4) is 0 Å². The van der Waals surface area contributed by atoms with Crippen LogP contribution in [0.5, 0.6) is 0 Å². The monoisotopic (exact) mass is 439 g/mol. The van der Waals surface area contributed by atoms with Gasteiger partial charge in [-0.1, -0.05) is 55.6 Å². The van der Waals surface area contributed by atoms with E-state index < -0.39 is 17.9 Å². The number of imidazole rings is 1. The second-order valence-electron chi connectivity index (χ2n) is 7.69. The van der Waals surface area contributed by atoms with Gasteiger partial charge in [-0.05, 0) is 43.2 Å². The predicted octanol–water partition coefficient (Wildman–Crippen LogP) is 5.00. The standard InChI is InChI=1S/C24H26ClN3O3/c1-3-5-8-15-27-22(29)20(23(30)31-4-2)21(16-11-13-17(25)14-12-16)28-19-10-7-6-9-18(19)26-24(27)28/h6-7,9-14,20-21H,3-5,8,15H2,1-2H3/t20-,21+/m0/s1. The summed E-state index contributed by atoms with van der Waals surface area (Å²) < 4.78 is 7.37. The molecular formula is C24H26ClN3O3. The first-order valence-electron chi connectivity index (χ1n) is 10.8. The maximum absolute atomic E-state index is 13.7. The lowest BCUT2D eigenvalue weighted by atomic mass is 9.89. The SMILES string of the molecule is CCCCCN1C(=O)[C@@H](C(=O)OCC)[C@@H](c2ccc(Cl)cc2)n2c1nc1ccccc12. The number of anilines is 1. The smallest absolute Gasteiger partial charge is 0.321 e. The fourth-order valence-electron chi connectivity index (χ4n) is 4.24. The van der Waals surface area contributed by atoms with Gasteiger partial charge >= 0.3 is 5.97 Å². The first-order valence-corrected chi connectivity index (χ1v) is 11.1. The molecule has 0 unspecified atom stereocenters. The number of fused-ring (bicyclic) bond motifs is 3. The minimum absolute atomic E-state index is 0.212. The maximum Gasteiger partial charge on any atom is 0.321 e. The first-order chi connectivity index (χ1) is 15.1. The van der Waals surface area contributed by atoms with Gasteiger partial charge in [-0.25, -0.2) is 4.98 Å². The molecule has 0 aliphatic carbocycles. The van der Waals surface area contributed by atoms with E-state index in [1.165, 1.54) is 0 Å². The quantitative estimate of drug-likeness (QED) is 0.295. The van der Waals surface area contributed by atoms with Gasteiger partial charge in [0.25, 0.3) is 0 Å². The molecule has 2 aromatic carbocycles. The summed E-state index contributed by atoms with van der Waals surface area (Å²) in [6.45, 7) is 4.59. The Hall–Kier alpha value is -2.86. The zero-order valence-electron chi connectivity index (χ0n) is 17.8. The van der Waals surface area contributed by atoms with Gasteiger partial charge in [0.1, 0.15) is 0 Å². The summed E-state index contributed by atoms with van der Waals surface area (Å²) in [7, 11) is 0. The van der Waals surface area contributed by atoms with Crippen molar-refractivity contribution in [1.29, 1.82) is 0 Å². The number of unbranched alkanes of at least 4 members (excludes halogenated alkanes) is 2. The Labute approximate surface area is 186 Å². The van der Waals surface area contributed by atoms with E-state index in [-0.39, 0.29) is 12.5 Å². The van der Waals surface area contributed by atoms with Crippen LogP contribution in [-0.4, -0.2) is 34.6 Å². The van der Waals surface area contributed by atoms with Crippen LogP contribution >= 0.6 is 11.6 Å². The molecule has 2 heterocycles. The number of ether oxygens (including phenoxy) is 1. The van der Waals surface area contributed by atoms with Gasteiger partial charge < -0.3 is 9.30 Å². The first kappa shape index (κ1) is 21.4. The Morgan fingerprint density at radius 3 is 2.55 bits per heavy atom. The summed E-state index contributed by atoms with van der Waals surface area (Å²) in [6, 6.07) is 14.5. The molecular weight excluding hydrogens is 414 g/mol. The second-order valence-corrected chi connectivity index (χ2v) is 8.13. The fraction of sp³-hybridized carbons (Fsp3) is 0.375. The number of benzene rings is 2. The van der Waals surface area contributed by atoms with Crippen LogP contribution in [0.25, 0.3) is 11.0 Å². The zero-order valence-corrected chi connectivity index (χ0v) is 18.5. The van der Waals surface area contributed by atoms with Crippen molar-refractivity contribution in [3.63, 3.8) is 0 Å². The topological polar surface area (TPSA) is 64.4 Å². The summed E-state index contributed by atoms with van der Waals surface area (Å²) in [4.78, 5) is 33.2. The van der Waals surface area contributed by atoms with Crippen LogP contribution in [0, 0.1) is 5.92 Å². The molecule has 0 saturated carbocycles. The molecule has 0 fully saturated rings. The number of nitrogens with zero attached hydrogens (tertiary/aromatic N) is 3. The van der Waals surface area contributed by atoms with E-state index in [1.807, 2.05) is 41.0 Å². The fourth-order valence-corrected chi connectivity index (χ4v) is 4.37. The van der Waals surface area contributed by atoms with Crippen LogP contribution in [-0.2, 0) is 14.3 Å². The molecule has 0 bridgehead atoms. The number of para-hydroxylation sites is 2. The van der Waals surface area contributed by atoms with Gasteiger partial charge in [-0.2, -0.15) is 0 Å². The number of hydrogen-bond acceptors (Lipinski definition) is 4. The number of amides is 1. The van der Waals surface area contributed by atoms with E-state index in [2.05, 4.69) is 6.92 Å². The Balaban J connectivity index is 1.93. The summed E-state index contributed by atoms with van der Waals surface area (Å²) in [5.41, 5.74) is 2.47. The Morgan fingerprint density at radius 1 is 1.10 bits per heavy atom. The van der Waals surface area contributed by atoms with Crippen molar-refractivity contribution < 1.29 is 14.3 Å². The molecule has 31 heavy (non-hydrogen) atoms. The van der Waals surface area contributed by atoms with Gasteiger partial charge in [-0.3, -0.25) is 14.5 Å². The molecule has 0 radical (unpaired) electrons. The third-order valence-electron chi connectivity index (χ3n) is 5.68. The van der Waals surface area contributed by atoms with Crippen LogP contribution in [0.15, 0.2) is 48.5 Å². The Bertz CT molecular complexity index is 1090. The highest BCUT2D eigenvalue weighted by molar-refractivity contribution is 6.30. The largest absolute Gasteiger partial charge is 0.465 e. The zero-order chi connectivity index (χ0) is 22.0. The molecule has 7 heteroatoms. The van der Waals surface area contributed by atoms with E-state index in [9.17, 15) is 9.59 Å². The molecule has 1 amide bonds. The molecule has 0 spiro atoms. The summed E-state index contributed by atoms with van der Waals surface area (Å²) >= 11 is 6.11. The van der Waals surface area contributed by atoms with Crippen molar-refractivity contribution in [2.24, 2.45) is 5.92 Å². The van der Waals surface area contributed by atoms with Gasteiger partial charge in [-0.15, -0.1) is 0 Å². The lowest BCUT2D eigenvalue weighted by Gasteiger charge is -2.38. The average molecular weight is 440 g/mol. The van der Waals surface area contributed by atoms with Crippen molar-refractivity contribution in [3.8, 4) is 0 Å². The maximum atomic E-state index is 13.7. The highest BCUT2D eigenvalue weighted by Gasteiger charge is 2.47. The number of halogens is 1. The highest BCUT2D eigenvalue weighted by Crippen LogP contribution is 2.41. The molecule has 2 atom stereocenters. The van der Waals surface area contributed by atoms with Crippen LogP contribution in [0.2, 0.25) is 5.02 Å². The van der Waals surface area contributed by atoms with E-state index in [4.69, 9.17) is 21.3 Å². The van der Waals surface area contributed by atoms with Gasteiger partial charge in [0.15, 0.2) is 5.92 Å². The molecule has 6 nitrogen and oxygen atoms in total. The van der Waals surface area contributed by atoms with E-state index in [1.54, 1.807) is 24.0 Å². The second kappa shape index (κ2) is 9.10. The van der Waals surface area contributed by atoms with E-state index >= 15 is 0 Å². The van der Waals surface area contributed by atoms with Gasteiger partial charge in [0.2, 0.25) is 11.9 Å². The summed E-state index contributed by atoms with van der Waals surface area (Å²) in [5, 5.41) is 0.593. The number of aromatic nitrogens is 2. The minimum Gasteiger partial charge on any atom is -0.465 e.